The molecule has 0 aliphatic heterocycles. The number of aliphatic hydroxyl groups is 1. The molecule has 2 radical (unpaired) electrons. The first-order valence-corrected chi connectivity index (χ1v) is 5.13. The smallest absolute Gasteiger partial charge is 0.211 e. The Morgan fingerprint density at radius 1 is 1.58 bits per heavy atom. The van der Waals surface area contributed by atoms with E-state index in [0.29, 0.717) is 0 Å². The summed E-state index contributed by atoms with van der Waals surface area (Å²) in [6, 6.07) is -0.218. The highest BCUT2D eigenvalue weighted by atomic mass is 32.2. The Hall–Kier alpha value is -0.0651. The van der Waals surface area contributed by atoms with E-state index >= 15 is 0 Å². The summed E-state index contributed by atoms with van der Waals surface area (Å²) in [5.41, 5.74) is 0. The summed E-state index contributed by atoms with van der Waals surface area (Å²) < 4.78 is 23.3. The maximum absolute atomic E-state index is 11.3. The predicted molar refractivity (Wildman–Crippen MR) is 48.4 cm³/mol. The molecule has 0 fully saturated rings. The lowest BCUT2D eigenvalue weighted by Gasteiger charge is -2.24. The first kappa shape index (κ1) is 11.9. The summed E-state index contributed by atoms with van der Waals surface area (Å²) in [4.78, 5) is 0. The minimum absolute atomic E-state index is 0.218. The van der Waals surface area contributed by atoms with Crippen molar-refractivity contribution in [2.24, 2.45) is 0 Å². The standard InChI is InChI=1S/C6H14BNO3S/c1-5(2)8-12(10,11)6(3,7)4-9/h5,8-9H,4H2,1-3H3. The van der Waals surface area contributed by atoms with Crippen LogP contribution in [0.1, 0.15) is 20.8 Å². The van der Waals surface area contributed by atoms with Gasteiger partial charge < -0.3 is 5.11 Å². The maximum atomic E-state index is 11.3. The van der Waals surface area contributed by atoms with Crippen molar-refractivity contribution in [2.45, 2.75) is 31.5 Å². The van der Waals surface area contributed by atoms with Crippen molar-refractivity contribution in [2.75, 3.05) is 6.61 Å². The first-order chi connectivity index (χ1) is 5.23. The molecule has 0 heterocycles. The Morgan fingerprint density at radius 2 is 2.00 bits per heavy atom. The minimum atomic E-state index is -3.63. The maximum Gasteiger partial charge on any atom is 0.211 e. The molecule has 6 heteroatoms. The molecule has 0 rings (SSSR count). The van der Waals surface area contributed by atoms with Gasteiger partial charge in [0, 0.05) is 6.04 Å². The van der Waals surface area contributed by atoms with Crippen molar-refractivity contribution >= 4 is 17.9 Å². The quantitative estimate of drug-likeness (QED) is 0.571. The van der Waals surface area contributed by atoms with E-state index in [1.54, 1.807) is 13.8 Å². The SMILES string of the molecule is [B]C(C)(CO)S(=O)(=O)NC(C)C. The van der Waals surface area contributed by atoms with Crippen molar-refractivity contribution < 1.29 is 13.5 Å². The summed E-state index contributed by atoms with van der Waals surface area (Å²) in [5, 5.41) is 8.70. The van der Waals surface area contributed by atoms with E-state index in [1.807, 2.05) is 0 Å². The van der Waals surface area contributed by atoms with Gasteiger partial charge in [0.05, 0.1) is 11.3 Å². The second-order valence-corrected chi connectivity index (χ2v) is 5.42. The Labute approximate surface area is 74.8 Å². The molecule has 0 bridgehead atoms. The molecule has 0 aliphatic rings. The van der Waals surface area contributed by atoms with Gasteiger partial charge in [-0.2, -0.15) is 0 Å². The topological polar surface area (TPSA) is 66.4 Å². The van der Waals surface area contributed by atoms with Crippen LogP contribution >= 0.6 is 0 Å². The molecular weight excluding hydrogens is 177 g/mol. The largest absolute Gasteiger partial charge is 0.396 e. The van der Waals surface area contributed by atoms with Crippen molar-refractivity contribution in [1.29, 1.82) is 0 Å². The molecule has 0 aliphatic carbocycles. The second-order valence-electron chi connectivity index (χ2n) is 3.25. The monoisotopic (exact) mass is 191 g/mol. The van der Waals surface area contributed by atoms with Crippen LogP contribution in [0, 0.1) is 0 Å². The number of rotatable bonds is 4. The summed E-state index contributed by atoms with van der Waals surface area (Å²) in [5.74, 6) is 0. The fraction of sp³-hybridized carbons (Fsp3) is 1.00. The molecule has 1 unspecified atom stereocenters. The van der Waals surface area contributed by atoms with Gasteiger partial charge in [0.25, 0.3) is 0 Å². The van der Waals surface area contributed by atoms with E-state index in [1.165, 1.54) is 6.92 Å². The van der Waals surface area contributed by atoms with Gasteiger partial charge in [0.15, 0.2) is 0 Å². The number of nitrogens with one attached hydrogen (secondary N) is 1. The Morgan fingerprint density at radius 3 is 2.25 bits per heavy atom. The highest BCUT2D eigenvalue weighted by Gasteiger charge is 2.32. The van der Waals surface area contributed by atoms with Crippen molar-refractivity contribution in [3.8, 4) is 0 Å². The van der Waals surface area contributed by atoms with Crippen LogP contribution in [-0.4, -0.2) is 38.7 Å². The van der Waals surface area contributed by atoms with Crippen LogP contribution in [0.3, 0.4) is 0 Å². The molecule has 0 aromatic carbocycles. The van der Waals surface area contributed by atoms with E-state index in [2.05, 4.69) is 4.72 Å². The van der Waals surface area contributed by atoms with E-state index in [4.69, 9.17) is 13.0 Å². The van der Waals surface area contributed by atoms with Crippen LogP contribution in [0.25, 0.3) is 0 Å². The van der Waals surface area contributed by atoms with Gasteiger partial charge in [0.2, 0.25) is 10.0 Å². The molecule has 4 nitrogen and oxygen atoms in total. The summed E-state index contributed by atoms with van der Waals surface area (Å²) in [6.45, 7) is 4.03. The molecule has 0 amide bonds. The summed E-state index contributed by atoms with van der Waals surface area (Å²) in [7, 11) is 1.71. The zero-order valence-electron chi connectivity index (χ0n) is 7.53. The molecular formula is C6H14BNO3S. The lowest BCUT2D eigenvalue weighted by molar-refractivity contribution is 0.281. The highest BCUT2D eigenvalue weighted by Crippen LogP contribution is 2.10. The van der Waals surface area contributed by atoms with Gasteiger partial charge >= 0.3 is 0 Å². The third-order valence-corrected chi connectivity index (χ3v) is 3.46. The van der Waals surface area contributed by atoms with Crippen LogP contribution in [-0.2, 0) is 10.0 Å². The molecule has 0 aromatic heterocycles. The Bertz CT molecular complexity index is 235. The van der Waals surface area contributed by atoms with Crippen molar-refractivity contribution in [3.63, 3.8) is 0 Å². The fourth-order valence-corrected chi connectivity index (χ4v) is 1.59. The predicted octanol–water partition coefficient (Wildman–Crippen LogP) is -0.809. The van der Waals surface area contributed by atoms with Gasteiger partial charge in [-0.1, -0.05) is 6.92 Å². The molecule has 0 saturated carbocycles. The summed E-state index contributed by atoms with van der Waals surface area (Å²) >= 11 is 0. The van der Waals surface area contributed by atoms with Crippen molar-refractivity contribution in [1.82, 2.24) is 4.72 Å². The molecule has 70 valence electrons. The average Bonchev–Trinajstić information content (AvgIpc) is 1.84. The third kappa shape index (κ3) is 2.77. The fourth-order valence-electron chi connectivity index (χ4n) is 0.530. The molecule has 0 spiro atoms. The molecule has 1 atom stereocenters. The van der Waals surface area contributed by atoms with Gasteiger partial charge in [-0.25, -0.2) is 13.1 Å². The number of sulfonamides is 1. The van der Waals surface area contributed by atoms with Crippen LogP contribution in [0.4, 0.5) is 0 Å². The van der Waals surface area contributed by atoms with Gasteiger partial charge in [-0.05, 0) is 13.8 Å². The van der Waals surface area contributed by atoms with Crippen LogP contribution < -0.4 is 4.72 Å². The number of hydrogen-bond acceptors (Lipinski definition) is 3. The van der Waals surface area contributed by atoms with E-state index in [9.17, 15) is 8.42 Å². The molecule has 12 heavy (non-hydrogen) atoms. The van der Waals surface area contributed by atoms with Crippen LogP contribution in [0.2, 0.25) is 0 Å². The van der Waals surface area contributed by atoms with Crippen LogP contribution in [0.5, 0.6) is 0 Å². The van der Waals surface area contributed by atoms with Gasteiger partial charge in [-0.15, -0.1) is 0 Å². The highest BCUT2D eigenvalue weighted by molar-refractivity contribution is 7.92. The van der Waals surface area contributed by atoms with Gasteiger partial charge in [0.1, 0.15) is 7.85 Å². The molecule has 2 N–H and O–H groups in total. The Balaban J connectivity index is 4.63. The average molecular weight is 191 g/mol. The zero-order valence-corrected chi connectivity index (χ0v) is 8.35. The third-order valence-electron chi connectivity index (χ3n) is 1.32. The Kier molecular flexibility index (Phi) is 3.74. The van der Waals surface area contributed by atoms with E-state index < -0.39 is 21.3 Å². The molecule has 0 aromatic rings. The second kappa shape index (κ2) is 3.76. The lowest BCUT2D eigenvalue weighted by Crippen LogP contribution is -2.49. The van der Waals surface area contributed by atoms with Crippen LogP contribution in [0.15, 0.2) is 0 Å². The lowest BCUT2D eigenvalue weighted by atomic mass is 9.89. The van der Waals surface area contributed by atoms with E-state index in [-0.39, 0.29) is 6.04 Å². The number of aliphatic hydroxyl groups excluding tert-OH is 1. The van der Waals surface area contributed by atoms with Gasteiger partial charge in [-0.3, -0.25) is 0 Å². The zero-order chi connectivity index (χ0) is 9.99. The minimum Gasteiger partial charge on any atom is -0.396 e. The molecule has 0 saturated heterocycles. The first-order valence-electron chi connectivity index (χ1n) is 3.64. The normalized spacial score (nSPS) is 17.8. The number of hydrogen-bond donors (Lipinski definition) is 2. The van der Waals surface area contributed by atoms with Crippen molar-refractivity contribution in [3.05, 3.63) is 0 Å². The van der Waals surface area contributed by atoms with E-state index in [0.717, 1.165) is 0 Å². The summed E-state index contributed by atoms with van der Waals surface area (Å²) in [6.07, 6.45) is 0.